The van der Waals surface area contributed by atoms with Gasteiger partial charge in [0.2, 0.25) is 0 Å². The minimum atomic E-state index is -1.05. The van der Waals surface area contributed by atoms with E-state index in [1.54, 1.807) is 55.1 Å². The van der Waals surface area contributed by atoms with E-state index in [1.807, 2.05) is 6.07 Å². The summed E-state index contributed by atoms with van der Waals surface area (Å²) in [7, 11) is 3.12. The Hall–Kier alpha value is -4.65. The molecule has 10 nitrogen and oxygen atoms in total. The molecule has 0 bridgehead atoms. The topological polar surface area (TPSA) is 134 Å². The highest BCUT2D eigenvalue weighted by atomic mass is 16.5. The van der Waals surface area contributed by atoms with Crippen LogP contribution in [0, 0.1) is 11.3 Å². The SMILES string of the molecule is COc1ccc(Nc2c(-c3ccc(OC(C)C(=O)O)cc3)[nH]c3c(C#N)cnn23)cc1OC. The van der Waals surface area contributed by atoms with E-state index in [0.29, 0.717) is 40.0 Å². The quantitative estimate of drug-likeness (QED) is 0.371. The first kappa shape index (κ1) is 21.6. The van der Waals surface area contributed by atoms with Crippen LogP contribution in [-0.2, 0) is 4.79 Å². The lowest BCUT2D eigenvalue weighted by molar-refractivity contribution is -0.144. The molecule has 0 aliphatic rings. The molecule has 4 aromatic rings. The number of aromatic nitrogens is 3. The van der Waals surface area contributed by atoms with Gasteiger partial charge in [0, 0.05) is 17.3 Å². The number of nitrogens with one attached hydrogen (secondary N) is 2. The lowest BCUT2D eigenvalue weighted by atomic mass is 10.1. The molecule has 0 amide bonds. The second-order valence-corrected chi connectivity index (χ2v) is 7.10. The average Bonchev–Trinajstić information content (AvgIpc) is 3.39. The summed E-state index contributed by atoms with van der Waals surface area (Å²) in [6.07, 6.45) is 0.518. The Bertz CT molecular complexity index is 1350. The van der Waals surface area contributed by atoms with Crippen LogP contribution < -0.4 is 19.5 Å². The van der Waals surface area contributed by atoms with Crippen molar-refractivity contribution in [2.75, 3.05) is 19.5 Å². The number of methoxy groups -OCH3 is 2. The highest BCUT2D eigenvalue weighted by molar-refractivity contribution is 5.81. The van der Waals surface area contributed by atoms with Gasteiger partial charge in [-0.2, -0.15) is 14.9 Å². The zero-order valence-electron chi connectivity index (χ0n) is 18.1. The maximum absolute atomic E-state index is 11.0. The molecule has 10 heteroatoms. The molecule has 1 atom stereocenters. The third-order valence-corrected chi connectivity index (χ3v) is 5.03. The number of carboxylic acid groups (broad SMARTS) is 1. The molecule has 2 heterocycles. The summed E-state index contributed by atoms with van der Waals surface area (Å²) in [5.74, 6) is 1.14. The van der Waals surface area contributed by atoms with Crippen LogP contribution in [0.15, 0.2) is 48.7 Å². The molecular formula is C23H21N5O5. The molecule has 4 rings (SSSR count). The van der Waals surface area contributed by atoms with Gasteiger partial charge in [0.1, 0.15) is 17.4 Å². The van der Waals surface area contributed by atoms with Gasteiger partial charge in [0.05, 0.1) is 26.1 Å². The van der Waals surface area contributed by atoms with Gasteiger partial charge in [-0.25, -0.2) is 4.79 Å². The fraction of sp³-hybridized carbons (Fsp3) is 0.174. The number of imidazole rings is 1. The number of carbonyl (C=O) groups is 1. The van der Waals surface area contributed by atoms with E-state index >= 15 is 0 Å². The molecule has 0 aliphatic carbocycles. The number of carboxylic acids is 1. The number of aromatic amines is 1. The van der Waals surface area contributed by atoms with Crippen molar-refractivity contribution in [2.45, 2.75) is 13.0 Å². The standard InChI is InChI=1S/C23H21N5O5/c1-13(23(29)30)33-17-7-4-14(5-8-17)20-22(28-21(27-20)15(11-24)12-25-28)26-16-6-9-18(31-2)19(10-16)32-3/h4-10,12-13,26-27H,1-3H3,(H,29,30). The molecule has 0 saturated carbocycles. The van der Waals surface area contributed by atoms with Crippen molar-refractivity contribution < 1.29 is 24.1 Å². The van der Waals surface area contributed by atoms with Crippen LogP contribution in [0.25, 0.3) is 16.9 Å². The summed E-state index contributed by atoms with van der Waals surface area (Å²) in [5.41, 5.74) is 3.12. The van der Waals surface area contributed by atoms with Crippen molar-refractivity contribution in [1.82, 2.24) is 14.6 Å². The van der Waals surface area contributed by atoms with Crippen molar-refractivity contribution in [3.63, 3.8) is 0 Å². The molecule has 0 radical (unpaired) electrons. The Kier molecular flexibility index (Phi) is 5.78. The molecule has 168 valence electrons. The van der Waals surface area contributed by atoms with Gasteiger partial charge in [-0.1, -0.05) is 0 Å². The molecule has 3 N–H and O–H groups in total. The van der Waals surface area contributed by atoms with E-state index in [1.165, 1.54) is 13.1 Å². The number of nitriles is 1. The van der Waals surface area contributed by atoms with Crippen molar-refractivity contribution in [2.24, 2.45) is 0 Å². The van der Waals surface area contributed by atoms with E-state index in [2.05, 4.69) is 21.5 Å². The number of rotatable bonds is 8. The van der Waals surface area contributed by atoms with Crippen LogP contribution in [0.3, 0.4) is 0 Å². The van der Waals surface area contributed by atoms with Crippen LogP contribution in [0.4, 0.5) is 11.5 Å². The molecule has 0 spiro atoms. The van der Waals surface area contributed by atoms with Crippen LogP contribution in [-0.4, -0.2) is 46.0 Å². The number of nitrogens with zero attached hydrogens (tertiary/aromatic N) is 3. The fourth-order valence-corrected chi connectivity index (χ4v) is 3.33. The first-order valence-corrected chi connectivity index (χ1v) is 9.94. The van der Waals surface area contributed by atoms with Crippen molar-refractivity contribution in [1.29, 1.82) is 5.26 Å². The Morgan fingerprint density at radius 1 is 1.18 bits per heavy atom. The number of hydrogen-bond acceptors (Lipinski definition) is 7. The highest BCUT2D eigenvalue weighted by Gasteiger charge is 2.19. The van der Waals surface area contributed by atoms with E-state index in [0.717, 1.165) is 11.3 Å². The number of hydrogen-bond donors (Lipinski definition) is 3. The summed E-state index contributed by atoms with van der Waals surface area (Å²) in [5, 5.41) is 26.1. The Balaban J connectivity index is 1.75. The lowest BCUT2D eigenvalue weighted by Gasteiger charge is -2.13. The van der Waals surface area contributed by atoms with E-state index in [-0.39, 0.29) is 0 Å². The maximum Gasteiger partial charge on any atom is 0.344 e. The number of aliphatic carboxylic acids is 1. The lowest BCUT2D eigenvalue weighted by Crippen LogP contribution is -2.22. The molecule has 0 fully saturated rings. The summed E-state index contributed by atoms with van der Waals surface area (Å²) in [6, 6.07) is 14.5. The Labute approximate surface area is 188 Å². The summed E-state index contributed by atoms with van der Waals surface area (Å²) >= 11 is 0. The molecule has 2 aromatic carbocycles. The molecule has 33 heavy (non-hydrogen) atoms. The van der Waals surface area contributed by atoms with Crippen LogP contribution in [0.5, 0.6) is 17.2 Å². The van der Waals surface area contributed by atoms with Gasteiger partial charge >= 0.3 is 5.97 Å². The van der Waals surface area contributed by atoms with Crippen LogP contribution in [0.2, 0.25) is 0 Å². The second-order valence-electron chi connectivity index (χ2n) is 7.10. The number of H-pyrrole nitrogens is 1. The fourth-order valence-electron chi connectivity index (χ4n) is 3.33. The third kappa shape index (κ3) is 4.12. The molecule has 0 saturated heterocycles. The van der Waals surface area contributed by atoms with Crippen LogP contribution in [0.1, 0.15) is 12.5 Å². The third-order valence-electron chi connectivity index (χ3n) is 5.03. The van der Waals surface area contributed by atoms with Crippen LogP contribution >= 0.6 is 0 Å². The zero-order chi connectivity index (χ0) is 23.5. The van der Waals surface area contributed by atoms with Gasteiger partial charge in [0.15, 0.2) is 29.1 Å². The molecule has 1 unspecified atom stereocenters. The van der Waals surface area contributed by atoms with Gasteiger partial charge in [-0.05, 0) is 43.3 Å². The molecular weight excluding hydrogens is 426 g/mol. The number of fused-ring (bicyclic) bond motifs is 1. The van der Waals surface area contributed by atoms with E-state index in [9.17, 15) is 10.1 Å². The van der Waals surface area contributed by atoms with Gasteiger partial charge in [-0.3, -0.25) is 0 Å². The van der Waals surface area contributed by atoms with E-state index < -0.39 is 12.1 Å². The Morgan fingerprint density at radius 2 is 1.91 bits per heavy atom. The maximum atomic E-state index is 11.0. The van der Waals surface area contributed by atoms with Crippen molar-refractivity contribution >= 4 is 23.1 Å². The van der Waals surface area contributed by atoms with Crippen molar-refractivity contribution in [3.05, 3.63) is 54.2 Å². The first-order chi connectivity index (χ1) is 15.9. The zero-order valence-corrected chi connectivity index (χ0v) is 18.1. The number of ether oxygens (including phenoxy) is 3. The molecule has 2 aromatic heterocycles. The summed E-state index contributed by atoms with van der Waals surface area (Å²) in [6.45, 7) is 1.46. The number of anilines is 2. The van der Waals surface area contributed by atoms with E-state index in [4.69, 9.17) is 19.3 Å². The van der Waals surface area contributed by atoms with Gasteiger partial charge in [0.25, 0.3) is 0 Å². The average molecular weight is 447 g/mol. The highest BCUT2D eigenvalue weighted by Crippen LogP contribution is 2.35. The van der Waals surface area contributed by atoms with Gasteiger partial charge < -0.3 is 29.6 Å². The Morgan fingerprint density at radius 3 is 2.55 bits per heavy atom. The normalized spacial score (nSPS) is 11.6. The minimum Gasteiger partial charge on any atom is -0.493 e. The predicted molar refractivity (Wildman–Crippen MR) is 120 cm³/mol. The summed E-state index contributed by atoms with van der Waals surface area (Å²) < 4.78 is 17.7. The number of benzene rings is 2. The van der Waals surface area contributed by atoms with Gasteiger partial charge in [-0.15, -0.1) is 0 Å². The molecule has 0 aliphatic heterocycles. The second kappa shape index (κ2) is 8.84. The van der Waals surface area contributed by atoms with Crippen molar-refractivity contribution in [3.8, 4) is 34.6 Å². The predicted octanol–water partition coefficient (Wildman–Crippen LogP) is 3.81. The smallest absolute Gasteiger partial charge is 0.344 e. The minimum absolute atomic E-state index is 0.395. The monoisotopic (exact) mass is 447 g/mol. The summed E-state index contributed by atoms with van der Waals surface area (Å²) in [4.78, 5) is 14.3. The largest absolute Gasteiger partial charge is 0.493 e. The first-order valence-electron chi connectivity index (χ1n) is 9.94.